The summed E-state index contributed by atoms with van der Waals surface area (Å²) in [6.07, 6.45) is 5.56. The highest BCUT2D eigenvalue weighted by atomic mass is 16.2. The Kier molecular flexibility index (Phi) is 7.03. The minimum atomic E-state index is -0.344. The highest BCUT2D eigenvalue weighted by Gasteiger charge is 2.33. The average molecular weight is 420 g/mol. The maximum Gasteiger partial charge on any atom is 0.312 e. The predicted molar refractivity (Wildman–Crippen MR) is 123 cm³/mol. The van der Waals surface area contributed by atoms with E-state index in [4.69, 9.17) is 0 Å². The van der Waals surface area contributed by atoms with Crippen molar-refractivity contribution in [2.45, 2.75) is 44.2 Å². The van der Waals surface area contributed by atoms with Gasteiger partial charge in [0.2, 0.25) is 0 Å². The standard InChI is InChI=1S/C26H33N3O2/c1-27(23-15-9-4-10-16-23)25(30)26(31)29-19-17-28(18-20-29)24(21-11-5-2-6-12-21)22-13-7-3-8-14-22/h2-3,5-8,11-14,23-24H,4,9-10,15-20H2,1H3. The molecule has 0 unspecified atom stereocenters. The van der Waals surface area contributed by atoms with Gasteiger partial charge in [0.05, 0.1) is 6.04 Å². The van der Waals surface area contributed by atoms with Crippen molar-refractivity contribution in [3.8, 4) is 0 Å². The summed E-state index contributed by atoms with van der Waals surface area (Å²) in [4.78, 5) is 31.6. The molecule has 2 aromatic carbocycles. The van der Waals surface area contributed by atoms with Crippen LogP contribution in [-0.4, -0.2) is 65.8 Å². The molecule has 0 radical (unpaired) electrons. The molecule has 0 aromatic heterocycles. The third kappa shape index (κ3) is 4.99. The lowest BCUT2D eigenvalue weighted by atomic mass is 9.94. The third-order valence-electron chi connectivity index (χ3n) is 6.82. The van der Waals surface area contributed by atoms with Gasteiger partial charge < -0.3 is 9.80 Å². The molecule has 4 rings (SSSR count). The summed E-state index contributed by atoms with van der Waals surface area (Å²) >= 11 is 0. The lowest BCUT2D eigenvalue weighted by Crippen LogP contribution is -2.54. The number of piperazine rings is 1. The molecule has 2 aliphatic rings. The molecule has 2 amide bonds. The second-order valence-corrected chi connectivity index (χ2v) is 8.76. The van der Waals surface area contributed by atoms with E-state index in [1.54, 1.807) is 16.8 Å². The van der Waals surface area contributed by atoms with Crippen LogP contribution in [0.5, 0.6) is 0 Å². The number of likely N-dealkylation sites (N-methyl/N-ethyl adjacent to an activating group) is 1. The van der Waals surface area contributed by atoms with E-state index in [1.807, 2.05) is 12.1 Å². The SMILES string of the molecule is CN(C(=O)C(=O)N1CCN(C(c2ccccc2)c2ccccc2)CC1)C1CCCCC1. The number of carbonyl (C=O) groups excluding carboxylic acids is 2. The van der Waals surface area contributed by atoms with Crippen molar-refractivity contribution in [3.63, 3.8) is 0 Å². The zero-order valence-electron chi connectivity index (χ0n) is 18.5. The Bertz CT molecular complexity index is 817. The summed E-state index contributed by atoms with van der Waals surface area (Å²) < 4.78 is 0. The largest absolute Gasteiger partial charge is 0.335 e. The van der Waals surface area contributed by atoms with Crippen LogP contribution < -0.4 is 0 Å². The Hall–Kier alpha value is -2.66. The van der Waals surface area contributed by atoms with Gasteiger partial charge in [0.1, 0.15) is 0 Å². The van der Waals surface area contributed by atoms with Crippen LogP contribution in [0.1, 0.15) is 49.3 Å². The number of benzene rings is 2. The van der Waals surface area contributed by atoms with Crippen molar-refractivity contribution in [1.29, 1.82) is 0 Å². The molecule has 5 heteroatoms. The molecule has 1 aliphatic heterocycles. The Labute approximate surface area is 185 Å². The predicted octanol–water partition coefficient (Wildman–Crippen LogP) is 3.71. The Morgan fingerprint density at radius 2 is 1.32 bits per heavy atom. The second-order valence-electron chi connectivity index (χ2n) is 8.76. The highest BCUT2D eigenvalue weighted by Crippen LogP contribution is 2.29. The molecular formula is C26H33N3O2. The summed E-state index contributed by atoms with van der Waals surface area (Å²) in [6.45, 7) is 2.67. The maximum absolute atomic E-state index is 12.9. The molecule has 1 saturated carbocycles. The summed E-state index contributed by atoms with van der Waals surface area (Å²) in [6, 6.07) is 21.4. The van der Waals surface area contributed by atoms with Gasteiger partial charge in [0.25, 0.3) is 0 Å². The van der Waals surface area contributed by atoms with E-state index in [1.165, 1.54) is 17.5 Å². The van der Waals surface area contributed by atoms with Crippen LogP contribution in [0.4, 0.5) is 0 Å². The van der Waals surface area contributed by atoms with E-state index >= 15 is 0 Å². The van der Waals surface area contributed by atoms with Crippen LogP contribution in [0.15, 0.2) is 60.7 Å². The van der Waals surface area contributed by atoms with Crippen molar-refractivity contribution in [2.75, 3.05) is 33.2 Å². The van der Waals surface area contributed by atoms with Gasteiger partial charge in [-0.25, -0.2) is 0 Å². The number of amides is 2. The first-order valence-electron chi connectivity index (χ1n) is 11.5. The van der Waals surface area contributed by atoms with Gasteiger partial charge in [-0.15, -0.1) is 0 Å². The molecule has 0 bridgehead atoms. The molecule has 1 heterocycles. The van der Waals surface area contributed by atoms with Crippen molar-refractivity contribution in [2.24, 2.45) is 0 Å². The van der Waals surface area contributed by atoms with Crippen LogP contribution in [-0.2, 0) is 9.59 Å². The fraction of sp³-hybridized carbons (Fsp3) is 0.462. The maximum atomic E-state index is 12.9. The van der Waals surface area contributed by atoms with E-state index in [2.05, 4.69) is 53.4 Å². The molecule has 1 saturated heterocycles. The number of hydrogen-bond acceptors (Lipinski definition) is 3. The molecule has 0 N–H and O–H groups in total. The first-order valence-corrected chi connectivity index (χ1v) is 11.5. The van der Waals surface area contributed by atoms with Crippen LogP contribution in [0, 0.1) is 0 Å². The van der Waals surface area contributed by atoms with E-state index in [0.717, 1.165) is 38.8 Å². The summed E-state index contributed by atoms with van der Waals surface area (Å²) in [5.41, 5.74) is 2.50. The Morgan fingerprint density at radius 1 is 0.806 bits per heavy atom. The van der Waals surface area contributed by atoms with Crippen LogP contribution in [0.2, 0.25) is 0 Å². The lowest BCUT2D eigenvalue weighted by Gasteiger charge is -2.40. The van der Waals surface area contributed by atoms with Crippen molar-refractivity contribution >= 4 is 11.8 Å². The van der Waals surface area contributed by atoms with E-state index < -0.39 is 0 Å². The van der Waals surface area contributed by atoms with E-state index in [-0.39, 0.29) is 23.9 Å². The Balaban J connectivity index is 1.41. The monoisotopic (exact) mass is 419 g/mol. The molecule has 31 heavy (non-hydrogen) atoms. The first-order chi connectivity index (χ1) is 15.1. The summed E-state index contributed by atoms with van der Waals surface area (Å²) in [5, 5.41) is 0. The van der Waals surface area contributed by atoms with Crippen LogP contribution in [0.3, 0.4) is 0 Å². The van der Waals surface area contributed by atoms with Gasteiger partial charge in [-0.2, -0.15) is 0 Å². The molecule has 2 fully saturated rings. The molecule has 164 valence electrons. The average Bonchev–Trinajstić information content (AvgIpc) is 2.85. The zero-order valence-corrected chi connectivity index (χ0v) is 18.5. The summed E-state index contributed by atoms with van der Waals surface area (Å²) in [7, 11) is 1.80. The molecule has 0 atom stereocenters. The smallest absolute Gasteiger partial charge is 0.312 e. The Morgan fingerprint density at radius 3 is 1.84 bits per heavy atom. The van der Waals surface area contributed by atoms with Gasteiger partial charge >= 0.3 is 11.8 Å². The van der Waals surface area contributed by atoms with E-state index in [0.29, 0.717) is 13.1 Å². The molecule has 5 nitrogen and oxygen atoms in total. The zero-order chi connectivity index (χ0) is 21.6. The number of nitrogens with zero attached hydrogens (tertiary/aromatic N) is 3. The van der Waals surface area contributed by atoms with Gasteiger partial charge in [0, 0.05) is 39.3 Å². The lowest BCUT2D eigenvalue weighted by molar-refractivity contribution is -0.153. The normalized spacial score (nSPS) is 18.2. The van der Waals surface area contributed by atoms with Crippen molar-refractivity contribution in [3.05, 3.63) is 71.8 Å². The summed E-state index contributed by atoms with van der Waals surface area (Å²) in [5.74, 6) is -0.688. The van der Waals surface area contributed by atoms with Crippen LogP contribution >= 0.6 is 0 Å². The van der Waals surface area contributed by atoms with Crippen molar-refractivity contribution < 1.29 is 9.59 Å². The van der Waals surface area contributed by atoms with Gasteiger partial charge in [-0.1, -0.05) is 79.9 Å². The number of rotatable bonds is 4. The molecule has 0 spiro atoms. The minimum Gasteiger partial charge on any atom is -0.335 e. The van der Waals surface area contributed by atoms with Crippen LogP contribution in [0.25, 0.3) is 0 Å². The fourth-order valence-electron chi connectivity index (χ4n) is 4.99. The molecule has 2 aromatic rings. The number of carbonyl (C=O) groups is 2. The van der Waals surface area contributed by atoms with E-state index in [9.17, 15) is 9.59 Å². The minimum absolute atomic E-state index is 0.153. The second kappa shape index (κ2) is 10.1. The first kappa shape index (κ1) is 21.6. The van der Waals surface area contributed by atoms with Gasteiger partial charge in [0.15, 0.2) is 0 Å². The quantitative estimate of drug-likeness (QED) is 0.710. The third-order valence-corrected chi connectivity index (χ3v) is 6.82. The van der Waals surface area contributed by atoms with Crippen molar-refractivity contribution in [1.82, 2.24) is 14.7 Å². The topological polar surface area (TPSA) is 43.9 Å². The number of hydrogen-bond donors (Lipinski definition) is 0. The fourth-order valence-corrected chi connectivity index (χ4v) is 4.99. The van der Waals surface area contributed by atoms with Gasteiger partial charge in [-0.05, 0) is 24.0 Å². The molecule has 1 aliphatic carbocycles. The highest BCUT2D eigenvalue weighted by molar-refractivity contribution is 6.34. The molecular weight excluding hydrogens is 386 g/mol. The van der Waals surface area contributed by atoms with Gasteiger partial charge in [-0.3, -0.25) is 14.5 Å².